The van der Waals surface area contributed by atoms with Crippen molar-refractivity contribution in [1.82, 2.24) is 14.7 Å². The third-order valence-corrected chi connectivity index (χ3v) is 5.55. The second-order valence-electron chi connectivity index (χ2n) is 7.67. The fourth-order valence-corrected chi connectivity index (χ4v) is 3.63. The number of amides is 1. The molecule has 0 atom stereocenters. The Morgan fingerprint density at radius 1 is 0.971 bits per heavy atom. The number of rotatable bonds is 9. The number of carbonyl (C=O) groups excluding carboxylic acids is 1. The van der Waals surface area contributed by atoms with Gasteiger partial charge in [0, 0.05) is 19.7 Å². The van der Waals surface area contributed by atoms with Crippen LogP contribution in [0.3, 0.4) is 0 Å². The number of hydrogen-bond donors (Lipinski definition) is 0. The maximum Gasteiger partial charge on any atom is 0.272 e. The standard InChI is InChI=1S/C26H27N3O5/c1-28(14-13-18-7-12-24(32-3)25(16-18)33-4)26(30)22-17-21(23-6-5-15-34-23)27-29(22)19-8-10-20(31-2)11-9-19/h5-12,15-17H,13-14H2,1-4H3. The molecule has 0 aliphatic heterocycles. The van der Waals surface area contributed by atoms with Crippen LogP contribution in [0, 0.1) is 0 Å². The third kappa shape index (κ3) is 4.76. The quantitative estimate of drug-likeness (QED) is 0.366. The summed E-state index contributed by atoms with van der Waals surface area (Å²) in [7, 11) is 6.60. The van der Waals surface area contributed by atoms with Gasteiger partial charge in [-0.15, -0.1) is 0 Å². The zero-order valence-corrected chi connectivity index (χ0v) is 19.6. The van der Waals surface area contributed by atoms with Gasteiger partial charge in [-0.25, -0.2) is 4.68 Å². The van der Waals surface area contributed by atoms with Crippen molar-refractivity contribution >= 4 is 5.91 Å². The zero-order valence-electron chi connectivity index (χ0n) is 19.6. The van der Waals surface area contributed by atoms with Crippen molar-refractivity contribution in [3.63, 3.8) is 0 Å². The maximum absolute atomic E-state index is 13.5. The van der Waals surface area contributed by atoms with Crippen molar-refractivity contribution in [1.29, 1.82) is 0 Å². The summed E-state index contributed by atoms with van der Waals surface area (Å²) < 4.78 is 23.1. The Morgan fingerprint density at radius 3 is 2.38 bits per heavy atom. The number of furan rings is 1. The fraction of sp³-hybridized carbons (Fsp3) is 0.231. The lowest BCUT2D eigenvalue weighted by Gasteiger charge is -2.18. The number of aromatic nitrogens is 2. The lowest BCUT2D eigenvalue weighted by atomic mass is 10.1. The van der Waals surface area contributed by atoms with Crippen LogP contribution >= 0.6 is 0 Å². The van der Waals surface area contributed by atoms with Crippen LogP contribution in [0.25, 0.3) is 17.1 Å². The van der Waals surface area contributed by atoms with E-state index < -0.39 is 0 Å². The molecule has 8 nitrogen and oxygen atoms in total. The molecule has 0 N–H and O–H groups in total. The lowest BCUT2D eigenvalue weighted by molar-refractivity contribution is 0.0787. The molecule has 0 bridgehead atoms. The van der Waals surface area contributed by atoms with E-state index in [1.54, 1.807) is 56.4 Å². The number of carbonyl (C=O) groups is 1. The van der Waals surface area contributed by atoms with E-state index >= 15 is 0 Å². The smallest absolute Gasteiger partial charge is 0.272 e. The van der Waals surface area contributed by atoms with Crippen molar-refractivity contribution in [3.8, 4) is 34.4 Å². The summed E-state index contributed by atoms with van der Waals surface area (Å²) in [6.07, 6.45) is 2.24. The summed E-state index contributed by atoms with van der Waals surface area (Å²) in [5.41, 5.74) is 2.80. The Balaban J connectivity index is 1.58. The van der Waals surface area contributed by atoms with Crippen molar-refractivity contribution in [2.45, 2.75) is 6.42 Å². The molecule has 4 rings (SSSR count). The van der Waals surface area contributed by atoms with E-state index in [4.69, 9.17) is 18.6 Å². The molecule has 0 fully saturated rings. The van der Waals surface area contributed by atoms with Crippen molar-refractivity contribution < 1.29 is 23.4 Å². The first-order chi connectivity index (χ1) is 16.5. The molecule has 0 aliphatic rings. The summed E-state index contributed by atoms with van der Waals surface area (Å²) in [5.74, 6) is 2.50. The normalized spacial score (nSPS) is 10.7. The van der Waals surface area contributed by atoms with Gasteiger partial charge in [0.2, 0.25) is 0 Å². The summed E-state index contributed by atoms with van der Waals surface area (Å²) >= 11 is 0. The van der Waals surface area contributed by atoms with Gasteiger partial charge in [0.05, 0.1) is 33.3 Å². The van der Waals surface area contributed by atoms with Crippen molar-refractivity contribution in [3.05, 3.63) is 78.2 Å². The molecule has 0 aliphatic carbocycles. The van der Waals surface area contributed by atoms with Gasteiger partial charge in [-0.2, -0.15) is 5.10 Å². The topological polar surface area (TPSA) is 79.0 Å². The minimum atomic E-state index is -0.151. The minimum absolute atomic E-state index is 0.151. The maximum atomic E-state index is 13.5. The highest BCUT2D eigenvalue weighted by Crippen LogP contribution is 2.28. The number of methoxy groups -OCH3 is 3. The molecule has 2 heterocycles. The highest BCUT2D eigenvalue weighted by molar-refractivity contribution is 5.94. The van der Waals surface area contributed by atoms with Gasteiger partial charge < -0.3 is 23.5 Å². The van der Waals surface area contributed by atoms with Crippen molar-refractivity contribution in [2.24, 2.45) is 0 Å². The van der Waals surface area contributed by atoms with Gasteiger partial charge in [-0.05, 0) is 60.5 Å². The summed E-state index contributed by atoms with van der Waals surface area (Å²) in [6, 6.07) is 18.5. The average Bonchev–Trinajstić information content (AvgIpc) is 3.57. The lowest BCUT2D eigenvalue weighted by Crippen LogP contribution is -2.30. The predicted octanol–water partition coefficient (Wildman–Crippen LogP) is 4.47. The molecule has 0 spiro atoms. The van der Waals surface area contributed by atoms with Crippen LogP contribution in [-0.2, 0) is 6.42 Å². The molecule has 0 unspecified atom stereocenters. The zero-order chi connectivity index (χ0) is 24.1. The SMILES string of the molecule is COc1ccc(-n2nc(-c3ccco3)cc2C(=O)N(C)CCc2ccc(OC)c(OC)c2)cc1. The molecule has 2 aromatic heterocycles. The molecule has 8 heteroatoms. The first-order valence-electron chi connectivity index (χ1n) is 10.8. The summed E-state index contributed by atoms with van der Waals surface area (Å²) in [6.45, 7) is 0.512. The average molecular weight is 462 g/mol. The van der Waals surface area contributed by atoms with Crippen LogP contribution in [0.5, 0.6) is 17.2 Å². The Hall–Kier alpha value is -4.20. The van der Waals surface area contributed by atoms with Crippen molar-refractivity contribution in [2.75, 3.05) is 34.9 Å². The molecule has 4 aromatic rings. The first-order valence-corrected chi connectivity index (χ1v) is 10.8. The predicted molar refractivity (Wildman–Crippen MR) is 128 cm³/mol. The van der Waals surface area contributed by atoms with E-state index in [-0.39, 0.29) is 5.91 Å². The van der Waals surface area contributed by atoms with Gasteiger partial charge in [0.1, 0.15) is 17.1 Å². The molecule has 176 valence electrons. The van der Waals surface area contributed by atoms with Crippen LogP contribution in [0.1, 0.15) is 16.1 Å². The third-order valence-electron chi connectivity index (χ3n) is 5.55. The Kier molecular flexibility index (Phi) is 6.87. The molecule has 1 amide bonds. The molecule has 34 heavy (non-hydrogen) atoms. The highest BCUT2D eigenvalue weighted by Gasteiger charge is 2.22. The number of ether oxygens (including phenoxy) is 3. The van der Waals surface area contributed by atoms with E-state index in [2.05, 4.69) is 5.10 Å². The van der Waals surface area contributed by atoms with Gasteiger partial charge in [0.25, 0.3) is 5.91 Å². The summed E-state index contributed by atoms with van der Waals surface area (Å²) in [4.78, 5) is 15.1. The first kappa shape index (κ1) is 23.0. The Morgan fingerprint density at radius 2 is 1.74 bits per heavy atom. The van der Waals surface area contributed by atoms with Crippen LogP contribution in [-0.4, -0.2) is 55.5 Å². The van der Waals surface area contributed by atoms with E-state index in [9.17, 15) is 4.79 Å². The van der Waals surface area contributed by atoms with Gasteiger partial charge in [0.15, 0.2) is 17.3 Å². The molecule has 0 radical (unpaired) electrons. The van der Waals surface area contributed by atoms with Crippen LogP contribution in [0.15, 0.2) is 71.3 Å². The Bertz CT molecular complexity index is 1250. The number of hydrogen-bond acceptors (Lipinski definition) is 6. The molecule has 2 aromatic carbocycles. The van der Waals surface area contributed by atoms with Gasteiger partial charge >= 0.3 is 0 Å². The highest BCUT2D eigenvalue weighted by atomic mass is 16.5. The minimum Gasteiger partial charge on any atom is -0.497 e. The monoisotopic (exact) mass is 461 g/mol. The van der Waals surface area contributed by atoms with Crippen LogP contribution in [0.2, 0.25) is 0 Å². The van der Waals surface area contributed by atoms with Gasteiger partial charge in [-0.1, -0.05) is 6.07 Å². The number of likely N-dealkylation sites (N-methyl/N-ethyl adjacent to an activating group) is 1. The molecular formula is C26H27N3O5. The Labute approximate surface area is 198 Å². The number of benzene rings is 2. The van der Waals surface area contributed by atoms with Gasteiger partial charge in [-0.3, -0.25) is 4.79 Å². The molecule has 0 saturated heterocycles. The fourth-order valence-electron chi connectivity index (χ4n) is 3.63. The number of nitrogens with zero attached hydrogens (tertiary/aromatic N) is 3. The second kappa shape index (κ2) is 10.2. The van der Waals surface area contributed by atoms with Crippen LogP contribution < -0.4 is 14.2 Å². The second-order valence-corrected chi connectivity index (χ2v) is 7.67. The van der Waals surface area contributed by atoms with Crippen LogP contribution in [0.4, 0.5) is 0 Å². The molecule has 0 saturated carbocycles. The van der Waals surface area contributed by atoms with E-state index in [1.807, 2.05) is 48.5 Å². The van der Waals surface area contributed by atoms with E-state index in [0.717, 1.165) is 17.0 Å². The summed E-state index contributed by atoms with van der Waals surface area (Å²) in [5, 5.41) is 4.65. The van der Waals surface area contributed by atoms with E-state index in [1.165, 1.54) is 0 Å². The largest absolute Gasteiger partial charge is 0.497 e. The van der Waals surface area contributed by atoms with E-state index in [0.29, 0.717) is 41.6 Å². The molecular weight excluding hydrogens is 434 g/mol.